The molecule has 2 amide bonds. The molecule has 1 aromatic rings. The Hall–Kier alpha value is -2.05. The van der Waals surface area contributed by atoms with E-state index in [4.69, 9.17) is 9.47 Å². The number of rotatable bonds is 5. The van der Waals surface area contributed by atoms with Crippen LogP contribution in [0.3, 0.4) is 0 Å². The third-order valence-corrected chi connectivity index (χ3v) is 3.05. The molecule has 110 valence electrons. The van der Waals surface area contributed by atoms with Gasteiger partial charge < -0.3 is 19.7 Å². The quantitative estimate of drug-likeness (QED) is 0.872. The van der Waals surface area contributed by atoms with Crippen molar-refractivity contribution in [1.29, 1.82) is 0 Å². The van der Waals surface area contributed by atoms with Crippen molar-refractivity contribution in [3.63, 3.8) is 0 Å². The number of amides is 2. The number of aromatic nitrogens is 2. The van der Waals surface area contributed by atoms with Gasteiger partial charge in [-0.15, -0.1) is 0 Å². The van der Waals surface area contributed by atoms with Crippen molar-refractivity contribution in [3.8, 4) is 11.8 Å². The molecule has 0 aromatic carbocycles. The number of hydrogen-bond acceptors (Lipinski definition) is 5. The monoisotopic (exact) mass is 280 g/mol. The van der Waals surface area contributed by atoms with E-state index in [9.17, 15) is 4.79 Å². The second-order valence-electron chi connectivity index (χ2n) is 4.61. The van der Waals surface area contributed by atoms with Gasteiger partial charge in [0.2, 0.25) is 11.8 Å². The van der Waals surface area contributed by atoms with E-state index in [0.717, 1.165) is 12.8 Å². The molecule has 1 N–H and O–H groups in total. The van der Waals surface area contributed by atoms with E-state index >= 15 is 0 Å². The van der Waals surface area contributed by atoms with Crippen molar-refractivity contribution >= 4 is 6.03 Å². The van der Waals surface area contributed by atoms with Gasteiger partial charge in [0.05, 0.1) is 26.0 Å². The highest BCUT2D eigenvalue weighted by Gasteiger charge is 2.27. The zero-order valence-corrected chi connectivity index (χ0v) is 11.8. The Kier molecular flexibility index (Phi) is 4.97. The fourth-order valence-corrected chi connectivity index (χ4v) is 2.01. The van der Waals surface area contributed by atoms with Crippen LogP contribution < -0.4 is 14.8 Å². The van der Waals surface area contributed by atoms with Gasteiger partial charge in [-0.1, -0.05) is 6.92 Å². The first-order valence-electron chi connectivity index (χ1n) is 6.78. The lowest BCUT2D eigenvalue weighted by Gasteiger charge is -2.17. The maximum atomic E-state index is 11.8. The van der Waals surface area contributed by atoms with Gasteiger partial charge in [-0.3, -0.25) is 4.98 Å². The second kappa shape index (κ2) is 6.93. The summed E-state index contributed by atoms with van der Waals surface area (Å²) in [6.45, 7) is 3.98. The number of ether oxygens (including phenoxy) is 2. The zero-order chi connectivity index (χ0) is 14.4. The molecule has 2 heterocycles. The van der Waals surface area contributed by atoms with Gasteiger partial charge >= 0.3 is 6.03 Å². The van der Waals surface area contributed by atoms with Crippen LogP contribution in [-0.2, 0) is 0 Å². The summed E-state index contributed by atoms with van der Waals surface area (Å²) in [4.78, 5) is 21.7. The third-order valence-electron chi connectivity index (χ3n) is 3.05. The normalized spacial score (nSPS) is 17.9. The summed E-state index contributed by atoms with van der Waals surface area (Å²) in [7, 11) is 1.53. The van der Waals surface area contributed by atoms with E-state index in [1.165, 1.54) is 13.3 Å². The van der Waals surface area contributed by atoms with Crippen LogP contribution in [0.5, 0.6) is 11.8 Å². The minimum atomic E-state index is -0.0521. The van der Waals surface area contributed by atoms with Gasteiger partial charge in [0.1, 0.15) is 6.10 Å². The minimum Gasteiger partial charge on any atom is -0.480 e. The van der Waals surface area contributed by atoms with Crippen molar-refractivity contribution in [2.24, 2.45) is 0 Å². The van der Waals surface area contributed by atoms with Gasteiger partial charge in [0.25, 0.3) is 0 Å². The van der Waals surface area contributed by atoms with Crippen LogP contribution in [0.15, 0.2) is 12.4 Å². The number of nitrogens with one attached hydrogen (secondary N) is 1. The van der Waals surface area contributed by atoms with Crippen LogP contribution in [0.25, 0.3) is 0 Å². The maximum Gasteiger partial charge on any atom is 0.317 e. The largest absolute Gasteiger partial charge is 0.480 e. The molecular formula is C13H20N4O3. The van der Waals surface area contributed by atoms with E-state index in [-0.39, 0.29) is 12.1 Å². The molecule has 1 aromatic heterocycles. The predicted octanol–water partition coefficient (Wildman–Crippen LogP) is 1.06. The molecule has 1 unspecified atom stereocenters. The van der Waals surface area contributed by atoms with E-state index in [0.29, 0.717) is 31.4 Å². The molecule has 1 saturated heterocycles. The fraction of sp³-hybridized carbons (Fsp3) is 0.615. The van der Waals surface area contributed by atoms with Crippen molar-refractivity contribution < 1.29 is 14.3 Å². The lowest BCUT2D eigenvalue weighted by Crippen LogP contribution is -2.39. The van der Waals surface area contributed by atoms with E-state index in [1.807, 2.05) is 6.92 Å². The molecule has 2 rings (SSSR count). The van der Waals surface area contributed by atoms with E-state index in [1.54, 1.807) is 11.1 Å². The molecule has 1 aliphatic rings. The lowest BCUT2D eigenvalue weighted by molar-refractivity contribution is 0.181. The summed E-state index contributed by atoms with van der Waals surface area (Å²) in [6, 6.07) is -0.0327. The molecular weight excluding hydrogens is 260 g/mol. The number of urea groups is 1. The summed E-state index contributed by atoms with van der Waals surface area (Å²) in [5.41, 5.74) is 0. The van der Waals surface area contributed by atoms with Crippen LogP contribution >= 0.6 is 0 Å². The Morgan fingerprint density at radius 3 is 3.05 bits per heavy atom. The molecule has 0 saturated carbocycles. The summed E-state index contributed by atoms with van der Waals surface area (Å²) in [5.74, 6) is 0.836. The molecule has 0 spiro atoms. The Morgan fingerprint density at radius 2 is 2.30 bits per heavy atom. The first kappa shape index (κ1) is 14.4. The topological polar surface area (TPSA) is 76.6 Å². The molecule has 0 radical (unpaired) electrons. The van der Waals surface area contributed by atoms with Gasteiger partial charge in [-0.2, -0.15) is 4.98 Å². The van der Waals surface area contributed by atoms with Gasteiger partial charge in [0.15, 0.2) is 0 Å². The smallest absolute Gasteiger partial charge is 0.317 e. The summed E-state index contributed by atoms with van der Waals surface area (Å²) in [6.07, 6.45) is 4.73. The Balaban J connectivity index is 1.85. The zero-order valence-electron chi connectivity index (χ0n) is 11.8. The minimum absolute atomic E-state index is 0.0327. The summed E-state index contributed by atoms with van der Waals surface area (Å²) in [5, 5.41) is 2.86. The lowest BCUT2D eigenvalue weighted by atomic mass is 10.3. The second-order valence-corrected chi connectivity index (χ2v) is 4.61. The number of nitrogens with zero attached hydrogens (tertiary/aromatic N) is 3. The Bertz CT molecular complexity index is 455. The highest BCUT2D eigenvalue weighted by atomic mass is 16.5. The van der Waals surface area contributed by atoms with Crippen LogP contribution in [0.2, 0.25) is 0 Å². The fourth-order valence-electron chi connectivity index (χ4n) is 2.01. The number of hydrogen-bond donors (Lipinski definition) is 1. The van der Waals surface area contributed by atoms with Gasteiger partial charge in [-0.05, 0) is 6.42 Å². The SMILES string of the molecule is CCCNC(=O)N1CCC(Oc2cncc(OC)n2)C1. The van der Waals surface area contributed by atoms with Gasteiger partial charge in [-0.25, -0.2) is 4.79 Å². The van der Waals surface area contributed by atoms with Crippen LogP contribution in [0.1, 0.15) is 19.8 Å². The first-order chi connectivity index (χ1) is 9.72. The molecule has 1 atom stereocenters. The van der Waals surface area contributed by atoms with Crippen molar-refractivity contribution in [2.45, 2.75) is 25.9 Å². The van der Waals surface area contributed by atoms with Crippen molar-refractivity contribution in [1.82, 2.24) is 20.2 Å². The van der Waals surface area contributed by atoms with E-state index in [2.05, 4.69) is 15.3 Å². The first-order valence-corrected chi connectivity index (χ1v) is 6.78. The number of carbonyl (C=O) groups excluding carboxylic acids is 1. The molecule has 7 nitrogen and oxygen atoms in total. The van der Waals surface area contributed by atoms with E-state index < -0.39 is 0 Å². The maximum absolute atomic E-state index is 11.8. The van der Waals surface area contributed by atoms with Gasteiger partial charge in [0, 0.05) is 19.5 Å². The van der Waals surface area contributed by atoms with Crippen LogP contribution in [-0.4, -0.2) is 53.7 Å². The molecule has 1 aliphatic heterocycles. The molecule has 20 heavy (non-hydrogen) atoms. The Labute approximate surface area is 118 Å². The highest BCUT2D eigenvalue weighted by molar-refractivity contribution is 5.74. The number of methoxy groups -OCH3 is 1. The summed E-state index contributed by atoms with van der Waals surface area (Å²) < 4.78 is 10.7. The predicted molar refractivity (Wildman–Crippen MR) is 72.9 cm³/mol. The molecule has 0 aliphatic carbocycles. The van der Waals surface area contributed by atoms with Crippen molar-refractivity contribution in [2.75, 3.05) is 26.7 Å². The standard InChI is InChI=1S/C13H20N4O3/c1-3-5-15-13(18)17-6-4-10(9-17)20-12-8-14-7-11(16-12)19-2/h7-8,10H,3-6,9H2,1-2H3,(H,15,18). The average molecular weight is 280 g/mol. The molecule has 7 heteroatoms. The highest BCUT2D eigenvalue weighted by Crippen LogP contribution is 2.17. The molecule has 1 fully saturated rings. The Morgan fingerprint density at radius 1 is 1.50 bits per heavy atom. The van der Waals surface area contributed by atoms with Crippen LogP contribution in [0.4, 0.5) is 4.79 Å². The summed E-state index contributed by atoms with van der Waals surface area (Å²) >= 11 is 0. The van der Waals surface area contributed by atoms with Crippen LogP contribution in [0, 0.1) is 0 Å². The third kappa shape index (κ3) is 3.72. The van der Waals surface area contributed by atoms with Crippen molar-refractivity contribution in [3.05, 3.63) is 12.4 Å². The number of carbonyl (C=O) groups is 1. The average Bonchev–Trinajstić information content (AvgIpc) is 2.93. The number of likely N-dealkylation sites (tertiary alicyclic amines) is 1. The molecule has 0 bridgehead atoms.